The molecule has 0 aliphatic heterocycles. The molecule has 0 saturated heterocycles. The smallest absolute Gasteiger partial charge is 0.224 e. The number of hydrogen-bond donors (Lipinski definition) is 1. The number of methoxy groups -OCH3 is 3. The minimum atomic E-state index is -0.0543. The van der Waals surface area contributed by atoms with E-state index in [1.165, 1.54) is 5.56 Å². The molecule has 0 aliphatic carbocycles. The van der Waals surface area contributed by atoms with Crippen molar-refractivity contribution in [3.8, 4) is 17.2 Å². The molecule has 2 rings (SSSR count). The first-order chi connectivity index (χ1) is 12.5. The Hall–Kier alpha value is -2.25. The van der Waals surface area contributed by atoms with E-state index < -0.39 is 0 Å². The summed E-state index contributed by atoms with van der Waals surface area (Å²) in [7, 11) is 8.69. The highest BCUT2D eigenvalue weighted by Crippen LogP contribution is 2.38. The molecule has 1 unspecified atom stereocenters. The molecule has 142 valence electrons. The van der Waals surface area contributed by atoms with Crippen LogP contribution in [0.15, 0.2) is 29.0 Å². The molecule has 0 radical (unpaired) electrons. The number of carbonyl (C=O) groups excluding carboxylic acids is 1. The third-order valence-corrected chi connectivity index (χ3v) is 4.83. The third-order valence-electron chi connectivity index (χ3n) is 4.13. The Bertz CT molecular complexity index is 691. The van der Waals surface area contributed by atoms with E-state index in [0.29, 0.717) is 23.8 Å². The van der Waals surface area contributed by atoms with Gasteiger partial charge in [-0.15, -0.1) is 0 Å². The molecule has 0 spiro atoms. The Morgan fingerprint density at radius 1 is 1.15 bits per heavy atom. The van der Waals surface area contributed by atoms with Gasteiger partial charge in [0.1, 0.15) is 0 Å². The van der Waals surface area contributed by atoms with Gasteiger partial charge in [-0.2, -0.15) is 11.3 Å². The molecule has 0 aliphatic rings. The monoisotopic (exact) mass is 378 g/mol. The van der Waals surface area contributed by atoms with Crippen molar-refractivity contribution < 1.29 is 19.0 Å². The van der Waals surface area contributed by atoms with E-state index in [1.807, 2.05) is 19.5 Å². The minimum Gasteiger partial charge on any atom is -0.493 e. The van der Waals surface area contributed by atoms with Gasteiger partial charge in [0.15, 0.2) is 11.5 Å². The van der Waals surface area contributed by atoms with E-state index in [9.17, 15) is 4.79 Å². The van der Waals surface area contributed by atoms with Gasteiger partial charge in [-0.1, -0.05) is 0 Å². The van der Waals surface area contributed by atoms with E-state index in [1.54, 1.807) is 44.8 Å². The first kappa shape index (κ1) is 20.1. The molecule has 26 heavy (non-hydrogen) atoms. The first-order valence-electron chi connectivity index (χ1n) is 8.24. The van der Waals surface area contributed by atoms with Crippen molar-refractivity contribution >= 4 is 17.2 Å². The highest BCUT2D eigenvalue weighted by molar-refractivity contribution is 7.07. The summed E-state index contributed by atoms with van der Waals surface area (Å²) in [5.41, 5.74) is 2.00. The van der Waals surface area contributed by atoms with Crippen LogP contribution in [0.1, 0.15) is 17.2 Å². The lowest BCUT2D eigenvalue weighted by molar-refractivity contribution is -0.120. The molecule has 0 saturated carbocycles. The number of nitrogens with one attached hydrogen (secondary N) is 1. The van der Waals surface area contributed by atoms with Crippen molar-refractivity contribution in [1.82, 2.24) is 10.2 Å². The Balaban J connectivity index is 2.05. The quantitative estimate of drug-likeness (QED) is 0.727. The number of carbonyl (C=O) groups is 1. The number of benzene rings is 1. The van der Waals surface area contributed by atoms with E-state index in [0.717, 1.165) is 5.56 Å². The topological polar surface area (TPSA) is 60.0 Å². The van der Waals surface area contributed by atoms with Crippen LogP contribution in [-0.4, -0.2) is 52.8 Å². The van der Waals surface area contributed by atoms with Crippen molar-refractivity contribution in [3.63, 3.8) is 0 Å². The summed E-state index contributed by atoms with van der Waals surface area (Å²) in [6.07, 6.45) is 0.237. The van der Waals surface area contributed by atoms with Gasteiger partial charge in [0.05, 0.1) is 33.8 Å². The van der Waals surface area contributed by atoms with E-state index >= 15 is 0 Å². The number of ether oxygens (including phenoxy) is 3. The van der Waals surface area contributed by atoms with Crippen LogP contribution in [0.5, 0.6) is 17.2 Å². The van der Waals surface area contributed by atoms with Gasteiger partial charge >= 0.3 is 0 Å². The summed E-state index contributed by atoms with van der Waals surface area (Å²) < 4.78 is 16.0. The predicted octanol–water partition coefficient (Wildman–Crippen LogP) is 2.74. The fourth-order valence-corrected chi connectivity index (χ4v) is 3.47. The second-order valence-corrected chi connectivity index (χ2v) is 6.83. The van der Waals surface area contributed by atoms with Crippen molar-refractivity contribution in [1.29, 1.82) is 0 Å². The Morgan fingerprint density at radius 2 is 1.81 bits per heavy atom. The first-order valence-corrected chi connectivity index (χ1v) is 9.18. The van der Waals surface area contributed by atoms with Crippen LogP contribution in [0.4, 0.5) is 0 Å². The predicted molar refractivity (Wildman–Crippen MR) is 104 cm³/mol. The van der Waals surface area contributed by atoms with Crippen LogP contribution in [0.3, 0.4) is 0 Å². The van der Waals surface area contributed by atoms with Gasteiger partial charge in [-0.05, 0) is 54.2 Å². The Labute approximate surface area is 158 Å². The van der Waals surface area contributed by atoms with E-state index in [2.05, 4.69) is 21.7 Å². The van der Waals surface area contributed by atoms with Crippen LogP contribution in [-0.2, 0) is 11.2 Å². The normalized spacial score (nSPS) is 11.9. The molecular formula is C19H26N2O4S. The number of nitrogens with zero attached hydrogens (tertiary/aromatic N) is 1. The lowest BCUT2D eigenvalue weighted by atomic mass is 10.1. The van der Waals surface area contributed by atoms with Gasteiger partial charge in [0.2, 0.25) is 11.7 Å². The lowest BCUT2D eigenvalue weighted by Crippen LogP contribution is -2.35. The van der Waals surface area contributed by atoms with Gasteiger partial charge in [0, 0.05) is 6.54 Å². The molecule has 1 aromatic carbocycles. The molecule has 6 nitrogen and oxygen atoms in total. The molecule has 1 aromatic heterocycles. The molecule has 7 heteroatoms. The fourth-order valence-electron chi connectivity index (χ4n) is 2.76. The van der Waals surface area contributed by atoms with E-state index in [-0.39, 0.29) is 18.4 Å². The Morgan fingerprint density at radius 3 is 2.27 bits per heavy atom. The minimum absolute atomic E-state index is 0.0543. The van der Waals surface area contributed by atoms with Gasteiger partial charge in [0.25, 0.3) is 0 Å². The fraction of sp³-hybridized carbons (Fsp3) is 0.421. The maximum Gasteiger partial charge on any atom is 0.224 e. The van der Waals surface area contributed by atoms with Crippen LogP contribution in [0.25, 0.3) is 0 Å². The van der Waals surface area contributed by atoms with Gasteiger partial charge < -0.3 is 24.4 Å². The van der Waals surface area contributed by atoms with E-state index in [4.69, 9.17) is 14.2 Å². The molecule has 1 amide bonds. The SMILES string of the molecule is COc1cc(CC(=O)NCC(c2ccsc2)N(C)C)cc(OC)c1OC. The van der Waals surface area contributed by atoms with Crippen molar-refractivity contribution in [2.75, 3.05) is 42.0 Å². The number of amides is 1. The second-order valence-electron chi connectivity index (χ2n) is 6.05. The van der Waals surface area contributed by atoms with Crippen molar-refractivity contribution in [2.45, 2.75) is 12.5 Å². The summed E-state index contributed by atoms with van der Waals surface area (Å²) >= 11 is 1.65. The lowest BCUT2D eigenvalue weighted by Gasteiger charge is -2.24. The number of rotatable bonds is 9. The summed E-state index contributed by atoms with van der Waals surface area (Å²) in [6, 6.07) is 5.82. The van der Waals surface area contributed by atoms with Crippen molar-refractivity contribution in [2.24, 2.45) is 0 Å². The van der Waals surface area contributed by atoms with Crippen LogP contribution >= 0.6 is 11.3 Å². The maximum absolute atomic E-state index is 12.4. The summed E-state index contributed by atoms with van der Waals surface area (Å²) in [4.78, 5) is 14.5. The average molecular weight is 378 g/mol. The Kier molecular flexibility index (Phi) is 7.29. The molecule has 0 fully saturated rings. The summed E-state index contributed by atoms with van der Waals surface area (Å²) in [5, 5.41) is 7.17. The van der Waals surface area contributed by atoms with Crippen LogP contribution in [0, 0.1) is 0 Å². The summed E-state index contributed by atoms with van der Waals surface area (Å²) in [5.74, 6) is 1.55. The maximum atomic E-state index is 12.4. The molecular weight excluding hydrogens is 352 g/mol. The highest BCUT2D eigenvalue weighted by Gasteiger charge is 2.17. The standard InChI is InChI=1S/C19H26N2O4S/c1-21(2)15(14-6-7-26-12-14)11-20-18(22)10-13-8-16(23-3)19(25-5)17(9-13)24-4/h6-9,12,15H,10-11H2,1-5H3,(H,20,22). The number of likely N-dealkylation sites (N-methyl/N-ethyl adjacent to an activating group) is 1. The number of thiophene rings is 1. The molecule has 1 heterocycles. The van der Waals surface area contributed by atoms with Crippen LogP contribution < -0.4 is 19.5 Å². The largest absolute Gasteiger partial charge is 0.493 e. The second kappa shape index (κ2) is 9.45. The van der Waals surface area contributed by atoms with Gasteiger partial charge in [-0.3, -0.25) is 4.79 Å². The molecule has 2 aromatic rings. The number of hydrogen-bond acceptors (Lipinski definition) is 6. The zero-order chi connectivity index (χ0) is 19.1. The summed E-state index contributed by atoms with van der Waals surface area (Å²) in [6.45, 7) is 0.549. The average Bonchev–Trinajstić information content (AvgIpc) is 3.14. The zero-order valence-electron chi connectivity index (χ0n) is 15.9. The molecule has 0 bridgehead atoms. The highest BCUT2D eigenvalue weighted by atomic mass is 32.1. The van der Waals surface area contributed by atoms with Crippen LogP contribution in [0.2, 0.25) is 0 Å². The molecule has 1 N–H and O–H groups in total. The van der Waals surface area contributed by atoms with Crippen molar-refractivity contribution in [3.05, 3.63) is 40.1 Å². The van der Waals surface area contributed by atoms with Gasteiger partial charge in [-0.25, -0.2) is 0 Å². The molecule has 1 atom stereocenters. The third kappa shape index (κ3) is 4.89. The zero-order valence-corrected chi connectivity index (χ0v) is 16.7.